The van der Waals surface area contributed by atoms with E-state index in [1.165, 1.54) is 42.3 Å². The number of sulfonamides is 1. The van der Waals surface area contributed by atoms with Crippen LogP contribution < -0.4 is 14.4 Å². The van der Waals surface area contributed by atoms with E-state index in [1.54, 1.807) is 61.5 Å². The van der Waals surface area contributed by atoms with E-state index in [0.29, 0.717) is 21.7 Å². The summed E-state index contributed by atoms with van der Waals surface area (Å²) in [6.07, 6.45) is -4.67. The van der Waals surface area contributed by atoms with Crippen LogP contribution in [0.25, 0.3) is 0 Å². The highest BCUT2D eigenvalue weighted by molar-refractivity contribution is 7.92. The Hall–Kier alpha value is -4.84. The first-order valence-corrected chi connectivity index (χ1v) is 15.9. The molecular formula is C34H34F3N3O5S. The molecule has 1 N–H and O–H groups in total. The van der Waals surface area contributed by atoms with Crippen LogP contribution in [0, 0.1) is 0 Å². The number of alkyl halides is 3. The average Bonchev–Trinajstić information content (AvgIpc) is 3.05. The molecule has 0 aliphatic rings. The van der Waals surface area contributed by atoms with Crippen molar-refractivity contribution >= 4 is 27.5 Å². The standard InChI is InChI=1S/C34H34F3N3O5S/c1-3-38-33(42)31(21-25-12-6-4-7-13-25)39(23-26-14-10-17-29(20-26)45-2)32(41)24-40(46(43,44)30-18-8-5-9-19-30)28-16-11-15-27(22-28)34(35,36)37/h4-20,22,31H,3,21,23-24H2,1-2H3,(H,38,42)/t31-/m0/s1. The molecule has 0 fully saturated rings. The van der Waals surface area contributed by atoms with Crippen LogP contribution in [-0.2, 0) is 38.8 Å². The number of methoxy groups -OCH3 is 1. The lowest BCUT2D eigenvalue weighted by Crippen LogP contribution is -2.53. The van der Waals surface area contributed by atoms with Gasteiger partial charge in [0.2, 0.25) is 11.8 Å². The van der Waals surface area contributed by atoms with Crippen molar-refractivity contribution in [2.24, 2.45) is 0 Å². The molecule has 4 rings (SSSR count). The highest BCUT2D eigenvalue weighted by Crippen LogP contribution is 2.33. The van der Waals surface area contributed by atoms with Gasteiger partial charge >= 0.3 is 6.18 Å². The molecule has 0 heterocycles. The summed E-state index contributed by atoms with van der Waals surface area (Å²) >= 11 is 0. The summed E-state index contributed by atoms with van der Waals surface area (Å²) in [5, 5.41) is 2.76. The van der Waals surface area contributed by atoms with Crippen LogP contribution >= 0.6 is 0 Å². The molecule has 242 valence electrons. The van der Waals surface area contributed by atoms with Crippen LogP contribution in [0.15, 0.2) is 114 Å². The van der Waals surface area contributed by atoms with E-state index in [4.69, 9.17) is 4.74 Å². The van der Waals surface area contributed by atoms with Crippen LogP contribution in [0.2, 0.25) is 0 Å². The van der Waals surface area contributed by atoms with Crippen LogP contribution in [0.4, 0.5) is 18.9 Å². The number of carbonyl (C=O) groups is 2. The number of anilines is 1. The molecule has 0 unspecified atom stereocenters. The van der Waals surface area contributed by atoms with Gasteiger partial charge in [-0.05, 0) is 60.5 Å². The fourth-order valence-corrected chi connectivity index (χ4v) is 6.33. The number of nitrogens with zero attached hydrogens (tertiary/aromatic N) is 2. The molecule has 0 aliphatic heterocycles. The molecule has 0 spiro atoms. The minimum Gasteiger partial charge on any atom is -0.497 e. The maximum atomic E-state index is 14.4. The van der Waals surface area contributed by atoms with Gasteiger partial charge in [0.05, 0.1) is 23.3 Å². The van der Waals surface area contributed by atoms with E-state index in [9.17, 15) is 31.2 Å². The lowest BCUT2D eigenvalue weighted by molar-refractivity contribution is -0.140. The average molecular weight is 654 g/mol. The molecule has 0 aliphatic carbocycles. The summed E-state index contributed by atoms with van der Waals surface area (Å²) in [4.78, 5) is 29.0. The predicted molar refractivity (Wildman–Crippen MR) is 169 cm³/mol. The Balaban J connectivity index is 1.84. The Kier molecular flexibility index (Phi) is 11.1. The van der Waals surface area contributed by atoms with Crippen LogP contribution in [0.1, 0.15) is 23.6 Å². The van der Waals surface area contributed by atoms with Crippen molar-refractivity contribution in [3.63, 3.8) is 0 Å². The largest absolute Gasteiger partial charge is 0.497 e. The molecule has 0 saturated heterocycles. The molecule has 4 aromatic carbocycles. The number of carbonyl (C=O) groups excluding carboxylic acids is 2. The SMILES string of the molecule is CCNC(=O)[C@H](Cc1ccccc1)N(Cc1cccc(OC)c1)C(=O)CN(c1cccc(C(F)(F)F)c1)S(=O)(=O)c1ccccc1. The highest BCUT2D eigenvalue weighted by atomic mass is 32.2. The van der Waals surface area contributed by atoms with Gasteiger partial charge in [0.1, 0.15) is 18.3 Å². The zero-order valence-corrected chi connectivity index (χ0v) is 26.1. The molecule has 8 nitrogen and oxygen atoms in total. The monoisotopic (exact) mass is 653 g/mol. The molecule has 2 amide bonds. The summed E-state index contributed by atoms with van der Waals surface area (Å²) in [5.41, 5.74) is -0.102. The lowest BCUT2D eigenvalue weighted by atomic mass is 10.0. The van der Waals surface area contributed by atoms with Gasteiger partial charge in [-0.2, -0.15) is 13.2 Å². The highest BCUT2D eigenvalue weighted by Gasteiger charge is 2.36. The molecule has 1 atom stereocenters. The van der Waals surface area contributed by atoms with Crippen LogP contribution in [-0.4, -0.2) is 51.4 Å². The van der Waals surface area contributed by atoms with Crippen molar-refractivity contribution in [3.8, 4) is 5.75 Å². The quantitative estimate of drug-likeness (QED) is 0.200. The van der Waals surface area contributed by atoms with E-state index >= 15 is 0 Å². The molecule has 4 aromatic rings. The lowest BCUT2D eigenvalue weighted by Gasteiger charge is -2.34. The normalized spacial score (nSPS) is 12.2. The second kappa shape index (κ2) is 15.0. The second-order valence-electron chi connectivity index (χ2n) is 10.3. The first-order valence-electron chi connectivity index (χ1n) is 14.4. The minimum absolute atomic E-state index is 0.0946. The summed E-state index contributed by atoms with van der Waals surface area (Å²) < 4.78 is 75.1. The van der Waals surface area contributed by atoms with Gasteiger partial charge in [-0.25, -0.2) is 8.42 Å². The number of nitrogens with one attached hydrogen (secondary N) is 1. The number of hydrogen-bond donors (Lipinski definition) is 1. The predicted octanol–water partition coefficient (Wildman–Crippen LogP) is 5.69. The third-order valence-electron chi connectivity index (χ3n) is 7.18. The van der Waals surface area contributed by atoms with Gasteiger partial charge in [0.15, 0.2) is 0 Å². The van der Waals surface area contributed by atoms with E-state index in [2.05, 4.69) is 5.32 Å². The topological polar surface area (TPSA) is 96.0 Å². The molecule has 46 heavy (non-hydrogen) atoms. The van der Waals surface area contributed by atoms with E-state index in [0.717, 1.165) is 17.7 Å². The number of halogens is 3. The van der Waals surface area contributed by atoms with E-state index < -0.39 is 46.2 Å². The third-order valence-corrected chi connectivity index (χ3v) is 8.97. The first-order chi connectivity index (χ1) is 21.9. The number of benzene rings is 4. The van der Waals surface area contributed by atoms with Crippen molar-refractivity contribution in [2.45, 2.75) is 37.0 Å². The van der Waals surface area contributed by atoms with Crippen molar-refractivity contribution in [1.29, 1.82) is 0 Å². The minimum atomic E-state index is -4.76. The van der Waals surface area contributed by atoms with Crippen molar-refractivity contribution in [2.75, 3.05) is 24.5 Å². The number of likely N-dealkylation sites (N-methyl/N-ethyl adjacent to an activating group) is 1. The van der Waals surface area contributed by atoms with Crippen molar-refractivity contribution in [1.82, 2.24) is 10.2 Å². The molecule has 0 bridgehead atoms. The zero-order valence-electron chi connectivity index (χ0n) is 25.3. The summed E-state index contributed by atoms with van der Waals surface area (Å²) in [5.74, 6) is -0.772. The second-order valence-corrected chi connectivity index (χ2v) is 12.2. The maximum absolute atomic E-state index is 14.4. The fourth-order valence-electron chi connectivity index (χ4n) is 4.90. The maximum Gasteiger partial charge on any atom is 0.416 e. The van der Waals surface area contributed by atoms with Gasteiger partial charge in [-0.3, -0.25) is 13.9 Å². The van der Waals surface area contributed by atoms with Crippen molar-refractivity contribution in [3.05, 3.63) is 126 Å². The third kappa shape index (κ3) is 8.45. The van der Waals surface area contributed by atoms with Gasteiger partial charge < -0.3 is 15.0 Å². The molecule has 0 radical (unpaired) electrons. The summed E-state index contributed by atoms with van der Waals surface area (Å²) in [7, 11) is -3.06. The number of rotatable bonds is 13. The Morgan fingerprint density at radius 2 is 1.48 bits per heavy atom. The van der Waals surface area contributed by atoms with Gasteiger partial charge in [-0.1, -0.05) is 66.7 Å². The number of ether oxygens (including phenoxy) is 1. The smallest absolute Gasteiger partial charge is 0.416 e. The molecule has 0 saturated carbocycles. The molecular weight excluding hydrogens is 619 g/mol. The van der Waals surface area contributed by atoms with Gasteiger partial charge in [0, 0.05) is 19.5 Å². The Labute approximate surface area is 266 Å². The summed E-state index contributed by atoms with van der Waals surface area (Å²) in [6, 6.07) is 25.6. The first kappa shape index (κ1) is 34.0. The van der Waals surface area contributed by atoms with E-state index in [1.807, 2.05) is 6.07 Å². The molecule has 0 aromatic heterocycles. The number of amides is 2. The number of hydrogen-bond acceptors (Lipinski definition) is 5. The fraction of sp³-hybridized carbons (Fsp3) is 0.235. The van der Waals surface area contributed by atoms with Gasteiger partial charge in [0.25, 0.3) is 10.0 Å². The molecule has 12 heteroatoms. The zero-order chi connectivity index (χ0) is 33.3. The van der Waals surface area contributed by atoms with Crippen LogP contribution in [0.3, 0.4) is 0 Å². The van der Waals surface area contributed by atoms with E-state index in [-0.39, 0.29) is 30.1 Å². The van der Waals surface area contributed by atoms with Crippen LogP contribution in [0.5, 0.6) is 5.75 Å². The Morgan fingerprint density at radius 1 is 0.848 bits per heavy atom. The van der Waals surface area contributed by atoms with Gasteiger partial charge in [-0.15, -0.1) is 0 Å². The summed E-state index contributed by atoms with van der Waals surface area (Å²) in [6.45, 7) is 0.997. The Morgan fingerprint density at radius 3 is 2.11 bits per heavy atom. The Bertz CT molecular complexity index is 1740. The van der Waals surface area contributed by atoms with Crippen molar-refractivity contribution < 1.29 is 35.9 Å².